The molecule has 214 valence electrons. The van der Waals surface area contributed by atoms with Crippen LogP contribution in [0.5, 0.6) is 0 Å². The van der Waals surface area contributed by atoms with Crippen LogP contribution in [0.25, 0.3) is 0 Å². The van der Waals surface area contributed by atoms with E-state index in [4.69, 9.17) is 34.8 Å². The fourth-order valence-corrected chi connectivity index (χ4v) is 6.10. The molecule has 0 heterocycles. The molecule has 0 aliphatic carbocycles. The van der Waals surface area contributed by atoms with Crippen LogP contribution >= 0.6 is 34.8 Å². The van der Waals surface area contributed by atoms with Gasteiger partial charge in [0.1, 0.15) is 12.6 Å². The minimum absolute atomic E-state index is 0.0113. The van der Waals surface area contributed by atoms with Gasteiger partial charge < -0.3 is 10.2 Å². The van der Waals surface area contributed by atoms with E-state index in [9.17, 15) is 18.0 Å². The smallest absolute Gasteiger partial charge is 0.264 e. The Kier molecular flexibility index (Phi) is 10.9. The normalized spacial score (nSPS) is 12.2. The largest absolute Gasteiger partial charge is 0.354 e. The molecule has 11 heteroatoms. The molecule has 3 aromatic rings. The molecule has 2 amide bonds. The quantitative estimate of drug-likeness (QED) is 0.270. The summed E-state index contributed by atoms with van der Waals surface area (Å²) in [6.45, 7) is 7.00. The van der Waals surface area contributed by atoms with Gasteiger partial charge >= 0.3 is 0 Å². The number of halogens is 3. The average molecular weight is 625 g/mol. The van der Waals surface area contributed by atoms with Crippen molar-refractivity contribution in [1.29, 1.82) is 0 Å². The second-order valence-electron chi connectivity index (χ2n) is 9.78. The number of sulfonamides is 1. The van der Waals surface area contributed by atoms with Crippen LogP contribution in [0.4, 0.5) is 5.69 Å². The molecule has 0 fully saturated rings. The van der Waals surface area contributed by atoms with Crippen LogP contribution in [-0.4, -0.2) is 44.3 Å². The number of hydrogen-bond acceptors (Lipinski definition) is 4. The van der Waals surface area contributed by atoms with Gasteiger partial charge in [0.25, 0.3) is 10.0 Å². The molecule has 3 aromatic carbocycles. The summed E-state index contributed by atoms with van der Waals surface area (Å²) in [7, 11) is -4.19. The average Bonchev–Trinajstić information content (AvgIpc) is 2.91. The molecule has 0 aromatic heterocycles. The van der Waals surface area contributed by atoms with Gasteiger partial charge in [0, 0.05) is 28.2 Å². The first-order valence-electron chi connectivity index (χ1n) is 12.7. The maximum absolute atomic E-state index is 14.0. The van der Waals surface area contributed by atoms with E-state index in [-0.39, 0.29) is 29.0 Å². The Bertz CT molecular complexity index is 1470. The molecule has 1 atom stereocenters. The number of rotatable bonds is 11. The molecule has 0 unspecified atom stereocenters. The molecule has 0 aliphatic rings. The van der Waals surface area contributed by atoms with E-state index in [1.54, 1.807) is 68.4 Å². The highest BCUT2D eigenvalue weighted by Crippen LogP contribution is 2.31. The van der Waals surface area contributed by atoms with Crippen LogP contribution in [0.1, 0.15) is 31.9 Å². The van der Waals surface area contributed by atoms with Crippen molar-refractivity contribution in [1.82, 2.24) is 10.2 Å². The van der Waals surface area contributed by atoms with Crippen LogP contribution in [0.2, 0.25) is 15.1 Å². The number of anilines is 1. The Balaban J connectivity index is 2.07. The summed E-state index contributed by atoms with van der Waals surface area (Å²) in [6, 6.07) is 16.6. The highest BCUT2D eigenvalue weighted by Gasteiger charge is 2.33. The lowest BCUT2D eigenvalue weighted by molar-refractivity contribution is -0.139. The molecular formula is C29H32Cl3N3O4S. The predicted molar refractivity (Wildman–Crippen MR) is 161 cm³/mol. The molecule has 0 saturated carbocycles. The van der Waals surface area contributed by atoms with E-state index in [0.717, 1.165) is 4.31 Å². The summed E-state index contributed by atoms with van der Waals surface area (Å²) in [5, 5.41) is 3.94. The Morgan fingerprint density at radius 1 is 0.900 bits per heavy atom. The standard InChI is InChI=1S/C29H32Cl3N3O4S/c1-19(2)16-33-29(37)21(4)34(17-22-13-14-23(30)15-26(22)32)28(36)18-35(27-12-8-11-25(31)20(27)3)40(38,39)24-9-6-5-7-10-24/h5-15,19,21H,16-18H2,1-4H3,(H,33,37)/t21-/m1/s1. The van der Waals surface area contributed by atoms with Crippen molar-refractivity contribution in [3.8, 4) is 0 Å². The maximum Gasteiger partial charge on any atom is 0.264 e. The van der Waals surface area contributed by atoms with Crippen molar-refractivity contribution < 1.29 is 18.0 Å². The van der Waals surface area contributed by atoms with Gasteiger partial charge in [0.05, 0.1) is 10.6 Å². The third-order valence-electron chi connectivity index (χ3n) is 6.33. The summed E-state index contributed by atoms with van der Waals surface area (Å²) >= 11 is 18.8. The number of benzene rings is 3. The second kappa shape index (κ2) is 13.7. The number of hydrogen-bond donors (Lipinski definition) is 1. The zero-order chi connectivity index (χ0) is 29.6. The zero-order valence-electron chi connectivity index (χ0n) is 22.7. The fourth-order valence-electron chi connectivity index (χ4n) is 3.97. The van der Waals surface area contributed by atoms with Crippen LogP contribution in [0, 0.1) is 12.8 Å². The zero-order valence-corrected chi connectivity index (χ0v) is 25.8. The van der Waals surface area contributed by atoms with Crippen molar-refractivity contribution >= 4 is 62.3 Å². The van der Waals surface area contributed by atoms with Crippen LogP contribution < -0.4 is 9.62 Å². The highest BCUT2D eigenvalue weighted by atomic mass is 35.5. The molecule has 0 aliphatic heterocycles. The first-order valence-corrected chi connectivity index (χ1v) is 15.2. The second-order valence-corrected chi connectivity index (χ2v) is 12.9. The number of nitrogens with zero attached hydrogens (tertiary/aromatic N) is 2. The van der Waals surface area contributed by atoms with Crippen LogP contribution in [0.3, 0.4) is 0 Å². The van der Waals surface area contributed by atoms with Crippen LogP contribution in [-0.2, 0) is 26.2 Å². The van der Waals surface area contributed by atoms with Gasteiger partial charge in [-0.3, -0.25) is 13.9 Å². The lowest BCUT2D eigenvalue weighted by atomic mass is 10.1. The van der Waals surface area contributed by atoms with E-state index < -0.39 is 28.5 Å². The van der Waals surface area contributed by atoms with Gasteiger partial charge in [-0.2, -0.15) is 0 Å². The minimum Gasteiger partial charge on any atom is -0.354 e. The third-order valence-corrected chi connectivity index (χ3v) is 9.10. The number of carbonyl (C=O) groups is 2. The van der Waals surface area contributed by atoms with E-state index in [1.807, 2.05) is 13.8 Å². The first kappa shape index (κ1) is 31.7. The molecule has 0 saturated heterocycles. The van der Waals surface area contributed by atoms with E-state index in [1.165, 1.54) is 17.0 Å². The molecule has 7 nitrogen and oxygen atoms in total. The third kappa shape index (κ3) is 7.69. The summed E-state index contributed by atoms with van der Waals surface area (Å²) in [5.74, 6) is -0.774. The van der Waals surface area contributed by atoms with Gasteiger partial charge in [0.2, 0.25) is 11.8 Å². The predicted octanol–water partition coefficient (Wildman–Crippen LogP) is 6.34. The summed E-state index contributed by atoms with van der Waals surface area (Å²) in [5.41, 5.74) is 1.30. The maximum atomic E-state index is 14.0. The summed E-state index contributed by atoms with van der Waals surface area (Å²) < 4.78 is 28.8. The van der Waals surface area contributed by atoms with Crippen molar-refractivity contribution in [2.24, 2.45) is 5.92 Å². The lowest BCUT2D eigenvalue weighted by Crippen LogP contribution is -2.51. The van der Waals surface area contributed by atoms with Crippen molar-refractivity contribution in [3.63, 3.8) is 0 Å². The molecule has 0 spiro atoms. The van der Waals surface area contributed by atoms with Gasteiger partial charge in [-0.1, -0.05) is 79.0 Å². The van der Waals surface area contributed by atoms with Crippen LogP contribution in [0.15, 0.2) is 71.6 Å². The SMILES string of the molecule is Cc1c(Cl)cccc1N(CC(=O)N(Cc1ccc(Cl)cc1Cl)[C@H](C)C(=O)NCC(C)C)S(=O)(=O)c1ccccc1. The fraction of sp³-hybridized carbons (Fsp3) is 0.310. The number of amides is 2. The monoisotopic (exact) mass is 623 g/mol. The molecule has 3 rings (SSSR count). The van der Waals surface area contributed by atoms with Gasteiger partial charge in [0.15, 0.2) is 0 Å². The first-order chi connectivity index (χ1) is 18.8. The van der Waals surface area contributed by atoms with E-state index >= 15 is 0 Å². The molecule has 0 bridgehead atoms. The van der Waals surface area contributed by atoms with Gasteiger partial charge in [-0.15, -0.1) is 0 Å². The van der Waals surface area contributed by atoms with E-state index in [2.05, 4.69) is 5.32 Å². The van der Waals surface area contributed by atoms with Gasteiger partial charge in [-0.05, 0) is 67.3 Å². The van der Waals surface area contributed by atoms with Gasteiger partial charge in [-0.25, -0.2) is 8.42 Å². The Labute approximate surface area is 251 Å². The highest BCUT2D eigenvalue weighted by molar-refractivity contribution is 7.92. The Morgan fingerprint density at radius 2 is 1.57 bits per heavy atom. The molecular weight excluding hydrogens is 593 g/mol. The molecule has 1 N–H and O–H groups in total. The molecule has 40 heavy (non-hydrogen) atoms. The van der Waals surface area contributed by atoms with E-state index in [0.29, 0.717) is 32.7 Å². The number of carbonyl (C=O) groups excluding carboxylic acids is 2. The Morgan fingerprint density at radius 3 is 2.20 bits per heavy atom. The van der Waals surface area contributed by atoms with Crippen molar-refractivity contribution in [2.45, 2.75) is 45.2 Å². The Hall–Kier alpha value is -2.78. The molecule has 0 radical (unpaired) electrons. The minimum atomic E-state index is -4.19. The summed E-state index contributed by atoms with van der Waals surface area (Å²) in [6.07, 6.45) is 0. The van der Waals surface area contributed by atoms with Crippen molar-refractivity contribution in [2.75, 3.05) is 17.4 Å². The van der Waals surface area contributed by atoms with Crippen molar-refractivity contribution in [3.05, 3.63) is 92.9 Å². The summed E-state index contributed by atoms with van der Waals surface area (Å²) in [4.78, 5) is 28.4. The lowest BCUT2D eigenvalue weighted by Gasteiger charge is -2.32. The topological polar surface area (TPSA) is 86.8 Å². The number of nitrogens with one attached hydrogen (secondary N) is 1.